The summed E-state index contributed by atoms with van der Waals surface area (Å²) < 4.78 is 0. The minimum atomic E-state index is -0.542. The van der Waals surface area contributed by atoms with Gasteiger partial charge in [0.1, 0.15) is 0 Å². The lowest BCUT2D eigenvalue weighted by molar-refractivity contribution is 0.102. The molecule has 4 nitrogen and oxygen atoms in total. The predicted molar refractivity (Wildman–Crippen MR) is 94.3 cm³/mol. The molecule has 1 aliphatic heterocycles. The van der Waals surface area contributed by atoms with E-state index in [1.165, 1.54) is 0 Å². The average Bonchev–Trinajstić information content (AvgIpc) is 2.55. The lowest BCUT2D eigenvalue weighted by atomic mass is 9.90. The molecule has 0 spiro atoms. The van der Waals surface area contributed by atoms with Crippen molar-refractivity contribution in [3.8, 4) is 0 Å². The maximum atomic E-state index is 13.0. The Labute approximate surface area is 149 Å². The molecule has 0 radical (unpaired) electrons. The van der Waals surface area contributed by atoms with E-state index in [2.05, 4.69) is 10.6 Å². The average molecular weight is 361 g/mol. The van der Waals surface area contributed by atoms with Crippen LogP contribution in [-0.2, 0) is 0 Å². The van der Waals surface area contributed by atoms with Crippen LogP contribution < -0.4 is 10.6 Å². The molecule has 1 heterocycles. The molecule has 1 unspecified atom stereocenters. The van der Waals surface area contributed by atoms with E-state index in [9.17, 15) is 9.59 Å². The number of Topliss-reactive ketones (excluding diaryl/α,β-unsaturated/α-hetero) is 1. The molecule has 0 bridgehead atoms. The van der Waals surface area contributed by atoms with E-state index in [1.54, 1.807) is 55.5 Å². The third-order valence-electron chi connectivity index (χ3n) is 3.82. The van der Waals surface area contributed by atoms with Crippen LogP contribution in [0.2, 0.25) is 10.0 Å². The molecule has 1 atom stereocenters. The van der Waals surface area contributed by atoms with Crippen LogP contribution in [0.1, 0.15) is 28.9 Å². The molecule has 122 valence electrons. The van der Waals surface area contributed by atoms with Gasteiger partial charge in [0.2, 0.25) is 0 Å². The van der Waals surface area contributed by atoms with Gasteiger partial charge in [-0.05, 0) is 48.9 Å². The Hall–Kier alpha value is -2.30. The van der Waals surface area contributed by atoms with Gasteiger partial charge in [0.05, 0.1) is 6.04 Å². The van der Waals surface area contributed by atoms with Crippen molar-refractivity contribution in [2.75, 3.05) is 0 Å². The Morgan fingerprint density at radius 2 is 1.50 bits per heavy atom. The standard InChI is InChI=1S/C18H14Cl2N2O2/c1-10-15(17(23)12-4-8-14(20)9-5-12)16(22-18(24)21-10)11-2-6-13(19)7-3-11/h2-9,16H,1H3,(H2,21,22,24). The topological polar surface area (TPSA) is 58.2 Å². The smallest absolute Gasteiger partial charge is 0.319 e. The Balaban J connectivity index is 2.04. The number of halogens is 2. The fourth-order valence-corrected chi connectivity index (χ4v) is 2.91. The molecule has 2 amide bonds. The van der Waals surface area contributed by atoms with E-state index < -0.39 is 6.04 Å². The van der Waals surface area contributed by atoms with Crippen LogP contribution >= 0.6 is 23.2 Å². The molecule has 6 heteroatoms. The highest BCUT2D eigenvalue weighted by Gasteiger charge is 2.31. The zero-order chi connectivity index (χ0) is 17.3. The normalized spacial score (nSPS) is 17.3. The molecule has 2 aromatic rings. The van der Waals surface area contributed by atoms with Crippen LogP contribution in [0.25, 0.3) is 0 Å². The van der Waals surface area contributed by atoms with Gasteiger partial charge in [-0.25, -0.2) is 4.79 Å². The number of allylic oxidation sites excluding steroid dienone is 1. The third kappa shape index (κ3) is 3.30. The van der Waals surface area contributed by atoms with Crippen LogP contribution in [0.4, 0.5) is 4.79 Å². The third-order valence-corrected chi connectivity index (χ3v) is 4.33. The summed E-state index contributed by atoms with van der Waals surface area (Å²) in [5.74, 6) is -0.170. The number of hydrogen-bond donors (Lipinski definition) is 2. The van der Waals surface area contributed by atoms with Crippen molar-refractivity contribution >= 4 is 35.0 Å². The van der Waals surface area contributed by atoms with Gasteiger partial charge >= 0.3 is 6.03 Å². The van der Waals surface area contributed by atoms with E-state index in [1.807, 2.05) is 0 Å². The Morgan fingerprint density at radius 1 is 0.958 bits per heavy atom. The molecule has 0 saturated heterocycles. The molecule has 3 rings (SSSR count). The molecule has 0 aliphatic carbocycles. The number of rotatable bonds is 3. The molecular weight excluding hydrogens is 347 g/mol. The second kappa shape index (κ2) is 6.67. The van der Waals surface area contributed by atoms with Crippen molar-refractivity contribution in [1.29, 1.82) is 0 Å². The highest BCUT2D eigenvalue weighted by molar-refractivity contribution is 6.31. The van der Waals surface area contributed by atoms with Gasteiger partial charge in [0.15, 0.2) is 5.78 Å². The maximum Gasteiger partial charge on any atom is 0.319 e. The first-order valence-electron chi connectivity index (χ1n) is 7.29. The Bertz CT molecular complexity index is 827. The summed E-state index contributed by atoms with van der Waals surface area (Å²) in [7, 11) is 0. The van der Waals surface area contributed by atoms with Gasteiger partial charge in [0, 0.05) is 26.9 Å². The van der Waals surface area contributed by atoms with Crippen LogP contribution in [0.15, 0.2) is 59.8 Å². The molecule has 2 N–H and O–H groups in total. The van der Waals surface area contributed by atoms with E-state index in [0.29, 0.717) is 26.9 Å². The number of urea groups is 1. The molecule has 0 saturated carbocycles. The largest absolute Gasteiger partial charge is 0.327 e. The van der Waals surface area contributed by atoms with Gasteiger partial charge in [-0.3, -0.25) is 4.79 Å². The van der Waals surface area contributed by atoms with Gasteiger partial charge in [-0.15, -0.1) is 0 Å². The molecular formula is C18H14Cl2N2O2. The zero-order valence-electron chi connectivity index (χ0n) is 12.8. The first-order valence-corrected chi connectivity index (χ1v) is 8.05. The number of nitrogens with one attached hydrogen (secondary N) is 2. The monoisotopic (exact) mass is 360 g/mol. The van der Waals surface area contributed by atoms with Gasteiger partial charge in [-0.1, -0.05) is 35.3 Å². The molecule has 2 aromatic carbocycles. The predicted octanol–water partition coefficient (Wildman–Crippen LogP) is 4.50. The SMILES string of the molecule is CC1=C(C(=O)c2ccc(Cl)cc2)C(c2ccc(Cl)cc2)NC(=O)N1. The van der Waals surface area contributed by atoms with Crippen molar-refractivity contribution in [2.45, 2.75) is 13.0 Å². The summed E-state index contributed by atoms with van der Waals surface area (Å²) in [6, 6.07) is 12.8. The van der Waals surface area contributed by atoms with Crippen LogP contribution in [0, 0.1) is 0 Å². The number of amides is 2. The second-order valence-electron chi connectivity index (χ2n) is 5.46. The van der Waals surface area contributed by atoms with E-state index in [0.717, 1.165) is 5.56 Å². The van der Waals surface area contributed by atoms with Crippen molar-refractivity contribution in [3.63, 3.8) is 0 Å². The van der Waals surface area contributed by atoms with Gasteiger partial charge in [0.25, 0.3) is 0 Å². The van der Waals surface area contributed by atoms with Crippen molar-refractivity contribution < 1.29 is 9.59 Å². The fourth-order valence-electron chi connectivity index (χ4n) is 2.66. The number of benzene rings is 2. The molecule has 1 aliphatic rings. The Kier molecular flexibility index (Phi) is 4.60. The summed E-state index contributed by atoms with van der Waals surface area (Å²) in [6.07, 6.45) is 0. The van der Waals surface area contributed by atoms with Crippen LogP contribution in [0.5, 0.6) is 0 Å². The minimum Gasteiger partial charge on any atom is -0.327 e. The first-order chi connectivity index (χ1) is 11.5. The minimum absolute atomic E-state index is 0.170. The summed E-state index contributed by atoms with van der Waals surface area (Å²) in [5.41, 5.74) is 2.30. The summed E-state index contributed by atoms with van der Waals surface area (Å²) in [6.45, 7) is 1.71. The molecule has 0 aromatic heterocycles. The number of carbonyl (C=O) groups is 2. The highest BCUT2D eigenvalue weighted by Crippen LogP contribution is 2.30. The van der Waals surface area contributed by atoms with E-state index in [4.69, 9.17) is 23.2 Å². The molecule has 0 fully saturated rings. The summed E-state index contributed by atoms with van der Waals surface area (Å²) in [5, 5.41) is 6.60. The lowest BCUT2D eigenvalue weighted by Gasteiger charge is -2.28. The quantitative estimate of drug-likeness (QED) is 0.791. The summed E-state index contributed by atoms with van der Waals surface area (Å²) >= 11 is 11.8. The van der Waals surface area contributed by atoms with Crippen molar-refractivity contribution in [3.05, 3.63) is 81.0 Å². The van der Waals surface area contributed by atoms with E-state index in [-0.39, 0.29) is 11.8 Å². The lowest BCUT2D eigenvalue weighted by Crippen LogP contribution is -2.45. The second-order valence-corrected chi connectivity index (χ2v) is 6.33. The summed E-state index contributed by atoms with van der Waals surface area (Å²) in [4.78, 5) is 24.8. The fraction of sp³-hybridized carbons (Fsp3) is 0.111. The number of hydrogen-bond acceptors (Lipinski definition) is 2. The number of ketones is 1. The van der Waals surface area contributed by atoms with E-state index >= 15 is 0 Å². The first kappa shape index (κ1) is 16.6. The van der Waals surface area contributed by atoms with Crippen molar-refractivity contribution in [2.24, 2.45) is 0 Å². The van der Waals surface area contributed by atoms with Gasteiger partial charge in [-0.2, -0.15) is 0 Å². The van der Waals surface area contributed by atoms with Crippen LogP contribution in [0.3, 0.4) is 0 Å². The van der Waals surface area contributed by atoms with Crippen molar-refractivity contribution in [1.82, 2.24) is 10.6 Å². The number of carbonyl (C=O) groups excluding carboxylic acids is 2. The zero-order valence-corrected chi connectivity index (χ0v) is 14.3. The maximum absolute atomic E-state index is 13.0. The Morgan fingerprint density at radius 3 is 2.08 bits per heavy atom. The van der Waals surface area contributed by atoms with Crippen LogP contribution in [-0.4, -0.2) is 11.8 Å². The van der Waals surface area contributed by atoms with Gasteiger partial charge < -0.3 is 10.6 Å². The molecule has 24 heavy (non-hydrogen) atoms. The highest BCUT2D eigenvalue weighted by atomic mass is 35.5.